The van der Waals surface area contributed by atoms with Gasteiger partial charge < -0.3 is 9.67 Å². The van der Waals surface area contributed by atoms with Crippen LogP contribution in [0.2, 0.25) is 0 Å². The minimum absolute atomic E-state index is 0.0743. The van der Waals surface area contributed by atoms with Crippen molar-refractivity contribution in [2.75, 3.05) is 14.1 Å². The van der Waals surface area contributed by atoms with Gasteiger partial charge in [0.25, 0.3) is 0 Å². The lowest BCUT2D eigenvalue weighted by atomic mass is 9.92. The summed E-state index contributed by atoms with van der Waals surface area (Å²) in [6.07, 6.45) is 3.42. The number of aromatic nitrogens is 3. The largest absolute Gasteiger partial charge is 0.845 e. The zero-order valence-electron chi connectivity index (χ0n) is 14.0. The number of hydrogen-bond donors (Lipinski definition) is 0. The summed E-state index contributed by atoms with van der Waals surface area (Å²) in [6, 6.07) is 5.26. The van der Waals surface area contributed by atoms with E-state index in [9.17, 15) is 5.11 Å². The van der Waals surface area contributed by atoms with E-state index in [1.165, 1.54) is 4.57 Å². The van der Waals surface area contributed by atoms with E-state index in [-0.39, 0.29) is 11.4 Å². The van der Waals surface area contributed by atoms with Gasteiger partial charge in [-0.25, -0.2) is 9.57 Å². The van der Waals surface area contributed by atoms with Gasteiger partial charge in [-0.05, 0) is 0 Å². The molecule has 2 aromatic heterocycles. The summed E-state index contributed by atoms with van der Waals surface area (Å²) in [6.45, 7) is 6.24. The Hall–Kier alpha value is -2.37. The Morgan fingerprint density at radius 2 is 1.82 bits per heavy atom. The summed E-state index contributed by atoms with van der Waals surface area (Å²) < 4.78 is 5.06. The van der Waals surface area contributed by atoms with Crippen LogP contribution in [0.25, 0.3) is 0 Å². The van der Waals surface area contributed by atoms with E-state index >= 15 is 0 Å². The highest BCUT2D eigenvalue weighted by Gasteiger charge is 2.18. The molecule has 2 heterocycles. The van der Waals surface area contributed by atoms with Crippen LogP contribution in [0.4, 0.5) is 5.82 Å². The maximum absolute atomic E-state index is 12.2. The molecular weight excluding hydrogens is 278 g/mol. The monoisotopic (exact) mass is 301 g/mol. The molecule has 2 rings (SSSR count). The molecule has 0 saturated heterocycles. The van der Waals surface area contributed by atoms with E-state index in [0.29, 0.717) is 5.82 Å². The average molecular weight is 301 g/mol. The van der Waals surface area contributed by atoms with Crippen molar-refractivity contribution in [2.24, 2.45) is 12.0 Å². The summed E-state index contributed by atoms with van der Waals surface area (Å²) >= 11 is 0. The quantitative estimate of drug-likeness (QED) is 0.436. The van der Waals surface area contributed by atoms with Gasteiger partial charge in [0.05, 0.1) is 11.7 Å². The summed E-state index contributed by atoms with van der Waals surface area (Å²) in [5.74, 6) is 0.555. The topological polar surface area (TPSA) is 61.2 Å². The number of aryl methyl sites for hydroxylation is 1. The maximum Gasteiger partial charge on any atom is 0.202 e. The molecule has 0 aliphatic rings. The number of nitrogens with zero attached hydrogens (tertiary/aromatic N) is 5. The molecule has 0 spiro atoms. The maximum atomic E-state index is 12.2. The molecule has 0 N–H and O–H groups in total. The van der Waals surface area contributed by atoms with Crippen molar-refractivity contribution in [1.29, 1.82) is 0 Å². The van der Waals surface area contributed by atoms with Crippen LogP contribution >= 0.6 is 0 Å². The number of rotatable bonds is 1. The zero-order chi connectivity index (χ0) is 16.5. The molecule has 0 fully saturated rings. The molecule has 0 bridgehead atoms. The molecular formula is C16H23N5O. The van der Waals surface area contributed by atoms with Crippen LogP contribution in [-0.2, 0) is 12.5 Å². The third-order valence-corrected chi connectivity index (χ3v) is 3.38. The summed E-state index contributed by atoms with van der Waals surface area (Å²) in [5.41, 5.74) is 0.837. The van der Waals surface area contributed by atoms with Crippen LogP contribution < -0.4 is 15.0 Å². The van der Waals surface area contributed by atoms with Gasteiger partial charge in [-0.2, -0.15) is 5.10 Å². The normalized spacial score (nSPS) is 12.5. The summed E-state index contributed by atoms with van der Waals surface area (Å²) in [5, 5.41) is 17.7. The minimum atomic E-state index is -0.339. The lowest BCUT2D eigenvalue weighted by molar-refractivity contribution is -0.221. The average Bonchev–Trinajstić information content (AvgIpc) is 2.80. The van der Waals surface area contributed by atoms with E-state index in [2.05, 4.69) is 30.9 Å². The fraction of sp³-hybridized carbons (Fsp3) is 0.438. The molecule has 6 heteroatoms. The highest BCUT2D eigenvalue weighted by molar-refractivity contribution is 5.74. The van der Waals surface area contributed by atoms with Crippen LogP contribution in [0.1, 0.15) is 26.5 Å². The van der Waals surface area contributed by atoms with Crippen LogP contribution in [0.5, 0.6) is 0 Å². The highest BCUT2D eigenvalue weighted by Crippen LogP contribution is 2.24. The van der Waals surface area contributed by atoms with Crippen molar-refractivity contribution in [3.63, 3.8) is 0 Å². The first-order valence-electron chi connectivity index (χ1n) is 7.18. The number of aliphatic imine (C=N–C) groups is 1. The predicted octanol–water partition coefficient (Wildman–Crippen LogP) is 0.447. The molecule has 22 heavy (non-hydrogen) atoms. The Labute approximate surface area is 130 Å². The van der Waals surface area contributed by atoms with Gasteiger partial charge in [-0.3, -0.25) is 4.68 Å². The van der Waals surface area contributed by atoms with Crippen LogP contribution in [0.3, 0.4) is 0 Å². The SMILES string of the molecule is Cn1nc(C(C)(C)C)cc1/N=C(\[O-])n1ccc(=[N+](C)C)cc1. The molecule has 0 saturated carbocycles. The molecule has 0 amide bonds. The third-order valence-electron chi connectivity index (χ3n) is 3.38. The molecule has 2 aromatic rings. The van der Waals surface area contributed by atoms with Crippen molar-refractivity contribution in [3.05, 3.63) is 41.6 Å². The van der Waals surface area contributed by atoms with Crippen molar-refractivity contribution in [1.82, 2.24) is 18.9 Å². The molecule has 0 unspecified atom stereocenters. The van der Waals surface area contributed by atoms with E-state index in [1.807, 2.05) is 36.9 Å². The minimum Gasteiger partial charge on any atom is -0.845 e. The Kier molecular flexibility index (Phi) is 4.21. The van der Waals surface area contributed by atoms with Gasteiger partial charge in [0.1, 0.15) is 14.1 Å². The lowest BCUT2D eigenvalue weighted by Crippen LogP contribution is -2.29. The Morgan fingerprint density at radius 1 is 1.23 bits per heavy atom. The molecule has 0 aliphatic carbocycles. The zero-order valence-corrected chi connectivity index (χ0v) is 14.0. The van der Waals surface area contributed by atoms with Gasteiger partial charge in [-0.15, -0.1) is 0 Å². The van der Waals surface area contributed by atoms with Crippen LogP contribution in [0.15, 0.2) is 35.6 Å². The van der Waals surface area contributed by atoms with E-state index in [0.717, 1.165) is 11.1 Å². The molecule has 0 aromatic carbocycles. The lowest BCUT2D eigenvalue weighted by Gasteiger charge is -2.14. The van der Waals surface area contributed by atoms with Crippen LogP contribution in [-0.4, -0.2) is 34.5 Å². The van der Waals surface area contributed by atoms with Crippen molar-refractivity contribution >= 4 is 11.8 Å². The highest BCUT2D eigenvalue weighted by atomic mass is 16.3. The fourth-order valence-corrected chi connectivity index (χ4v) is 1.93. The predicted molar refractivity (Wildman–Crippen MR) is 86.0 cm³/mol. The second kappa shape index (κ2) is 5.79. The Balaban J connectivity index is 2.37. The summed E-state index contributed by atoms with van der Waals surface area (Å²) in [4.78, 5) is 4.15. The first kappa shape index (κ1) is 16.0. The standard InChI is InChI=1S/C16H23N5O/c1-16(2,3)13-11-14(20(6)18-13)17-15(22)21-9-7-12(8-10-21)19(4)5/h7-11H,1-6H3. The van der Waals surface area contributed by atoms with E-state index < -0.39 is 0 Å². The van der Waals surface area contributed by atoms with Gasteiger partial charge >= 0.3 is 0 Å². The Morgan fingerprint density at radius 3 is 2.27 bits per heavy atom. The van der Waals surface area contributed by atoms with E-state index in [1.54, 1.807) is 24.1 Å². The van der Waals surface area contributed by atoms with Gasteiger partial charge in [0, 0.05) is 43.1 Å². The fourth-order valence-electron chi connectivity index (χ4n) is 1.93. The molecule has 6 nitrogen and oxygen atoms in total. The van der Waals surface area contributed by atoms with Gasteiger partial charge in [0.2, 0.25) is 5.36 Å². The molecule has 118 valence electrons. The molecule has 0 aliphatic heterocycles. The first-order chi connectivity index (χ1) is 10.2. The molecule has 0 atom stereocenters. The van der Waals surface area contributed by atoms with Gasteiger partial charge in [0.15, 0.2) is 5.82 Å². The van der Waals surface area contributed by atoms with E-state index in [4.69, 9.17) is 0 Å². The second-order valence-electron chi connectivity index (χ2n) is 6.51. The smallest absolute Gasteiger partial charge is 0.202 e. The summed E-state index contributed by atoms with van der Waals surface area (Å²) in [7, 11) is 5.70. The Bertz CT molecular complexity index is 750. The number of pyridine rings is 1. The first-order valence-corrected chi connectivity index (χ1v) is 7.18. The van der Waals surface area contributed by atoms with Crippen LogP contribution in [0, 0.1) is 0 Å². The molecule has 0 radical (unpaired) electrons. The van der Waals surface area contributed by atoms with Crippen molar-refractivity contribution in [2.45, 2.75) is 26.2 Å². The van der Waals surface area contributed by atoms with Gasteiger partial charge in [-0.1, -0.05) is 20.8 Å². The number of hydrogen-bond acceptors (Lipinski definition) is 3. The second-order valence-corrected chi connectivity index (χ2v) is 6.51. The third kappa shape index (κ3) is 3.44. The van der Waals surface area contributed by atoms with Crippen molar-refractivity contribution in [3.8, 4) is 0 Å². The van der Waals surface area contributed by atoms with Crippen molar-refractivity contribution < 1.29 is 5.11 Å².